The summed E-state index contributed by atoms with van der Waals surface area (Å²) in [6.07, 6.45) is 3.59. The van der Waals surface area contributed by atoms with Gasteiger partial charge >= 0.3 is 0 Å². The van der Waals surface area contributed by atoms with E-state index in [2.05, 4.69) is 29.5 Å². The molecule has 0 saturated carbocycles. The van der Waals surface area contributed by atoms with Gasteiger partial charge in [-0.15, -0.1) is 0 Å². The van der Waals surface area contributed by atoms with Gasteiger partial charge in [-0.3, -0.25) is 4.79 Å². The van der Waals surface area contributed by atoms with Gasteiger partial charge in [0.05, 0.1) is 16.1 Å². The third-order valence-corrected chi connectivity index (χ3v) is 6.47. The number of hydrogen-bond acceptors (Lipinski definition) is 5. The fourth-order valence-corrected chi connectivity index (χ4v) is 4.76. The number of halogens is 1. The van der Waals surface area contributed by atoms with Crippen molar-refractivity contribution in [2.75, 3.05) is 22.1 Å². The number of carbonyl (C=O) groups excluding carboxylic acids is 1. The van der Waals surface area contributed by atoms with Gasteiger partial charge in [0.25, 0.3) is 5.91 Å². The predicted octanol–water partition coefficient (Wildman–Crippen LogP) is 5.81. The standard InChI is InChI=1S/C22H27ClN4OS/c1-13(2)15-4-6-16(7-5-15)27-22(28)18-12-25-21(19(14(3)24)20(18)23)26-17-8-10-29-11-9-17/h4-7,12-13,17,24H,8-11H2,1-3H3,(H,25,26)(H,27,28). The summed E-state index contributed by atoms with van der Waals surface area (Å²) in [4.78, 5) is 17.3. The van der Waals surface area contributed by atoms with Crippen molar-refractivity contribution in [2.45, 2.75) is 45.6 Å². The van der Waals surface area contributed by atoms with Crippen LogP contribution in [0.4, 0.5) is 11.5 Å². The maximum Gasteiger partial charge on any atom is 0.258 e. The lowest BCUT2D eigenvalue weighted by molar-refractivity contribution is 0.102. The smallest absolute Gasteiger partial charge is 0.258 e. The highest BCUT2D eigenvalue weighted by Crippen LogP contribution is 2.30. The molecule has 1 aliphatic rings. The molecule has 1 fully saturated rings. The summed E-state index contributed by atoms with van der Waals surface area (Å²) < 4.78 is 0. The first-order valence-electron chi connectivity index (χ1n) is 9.86. The number of aromatic nitrogens is 1. The third-order valence-electron chi connectivity index (χ3n) is 5.03. The number of nitrogens with zero attached hydrogens (tertiary/aromatic N) is 1. The van der Waals surface area contributed by atoms with Crippen molar-refractivity contribution < 1.29 is 4.79 Å². The third kappa shape index (κ3) is 5.31. The van der Waals surface area contributed by atoms with Crippen LogP contribution in [0.5, 0.6) is 0 Å². The molecule has 7 heteroatoms. The van der Waals surface area contributed by atoms with Gasteiger partial charge < -0.3 is 16.0 Å². The largest absolute Gasteiger partial charge is 0.367 e. The highest BCUT2D eigenvalue weighted by molar-refractivity contribution is 7.99. The molecule has 2 heterocycles. The number of nitrogens with one attached hydrogen (secondary N) is 3. The molecule has 29 heavy (non-hydrogen) atoms. The minimum absolute atomic E-state index is 0.261. The van der Waals surface area contributed by atoms with Crippen molar-refractivity contribution in [3.63, 3.8) is 0 Å². The molecule has 1 saturated heterocycles. The van der Waals surface area contributed by atoms with Crippen LogP contribution in [0.1, 0.15) is 61.0 Å². The molecular weight excluding hydrogens is 404 g/mol. The van der Waals surface area contributed by atoms with Crippen molar-refractivity contribution in [2.24, 2.45) is 0 Å². The number of amides is 1. The zero-order chi connectivity index (χ0) is 21.0. The predicted molar refractivity (Wildman–Crippen MR) is 124 cm³/mol. The average molecular weight is 431 g/mol. The van der Waals surface area contributed by atoms with E-state index >= 15 is 0 Å². The van der Waals surface area contributed by atoms with E-state index in [0.29, 0.717) is 29.0 Å². The van der Waals surface area contributed by atoms with Crippen LogP contribution in [0.15, 0.2) is 30.5 Å². The Balaban J connectivity index is 1.82. The summed E-state index contributed by atoms with van der Waals surface area (Å²) in [5, 5.41) is 14.7. The molecule has 5 nitrogen and oxygen atoms in total. The zero-order valence-electron chi connectivity index (χ0n) is 17.0. The first-order valence-corrected chi connectivity index (χ1v) is 11.4. The zero-order valence-corrected chi connectivity index (χ0v) is 18.6. The van der Waals surface area contributed by atoms with E-state index in [4.69, 9.17) is 17.0 Å². The fraction of sp³-hybridized carbons (Fsp3) is 0.409. The Morgan fingerprint density at radius 1 is 1.24 bits per heavy atom. The van der Waals surface area contributed by atoms with E-state index in [9.17, 15) is 4.79 Å². The minimum Gasteiger partial charge on any atom is -0.367 e. The molecule has 1 amide bonds. The average Bonchev–Trinajstić information content (AvgIpc) is 2.69. The SMILES string of the molecule is CC(=N)c1c(NC2CCSCC2)ncc(C(=O)Nc2ccc(C(C)C)cc2)c1Cl. The maximum absolute atomic E-state index is 12.8. The van der Waals surface area contributed by atoms with Crippen molar-refractivity contribution in [3.8, 4) is 0 Å². The molecular formula is C22H27ClN4OS. The summed E-state index contributed by atoms with van der Waals surface area (Å²) in [7, 11) is 0. The Bertz CT molecular complexity index is 892. The summed E-state index contributed by atoms with van der Waals surface area (Å²) in [6, 6.07) is 8.09. The van der Waals surface area contributed by atoms with Crippen molar-refractivity contribution in [1.29, 1.82) is 5.41 Å². The van der Waals surface area contributed by atoms with Crippen LogP contribution in [0, 0.1) is 5.41 Å². The molecule has 0 atom stereocenters. The van der Waals surface area contributed by atoms with Gasteiger partial charge in [0.1, 0.15) is 5.82 Å². The van der Waals surface area contributed by atoms with Gasteiger partial charge in [-0.05, 0) is 54.9 Å². The van der Waals surface area contributed by atoms with E-state index in [1.165, 1.54) is 11.8 Å². The number of anilines is 2. The van der Waals surface area contributed by atoms with Gasteiger partial charge in [-0.2, -0.15) is 11.8 Å². The molecule has 1 aromatic carbocycles. The van der Waals surface area contributed by atoms with Crippen LogP contribution in [-0.4, -0.2) is 34.2 Å². The van der Waals surface area contributed by atoms with E-state index in [0.717, 1.165) is 24.3 Å². The maximum atomic E-state index is 12.8. The van der Waals surface area contributed by atoms with Crippen LogP contribution in [-0.2, 0) is 0 Å². The van der Waals surface area contributed by atoms with Crippen molar-refractivity contribution in [3.05, 3.63) is 52.2 Å². The number of carbonyl (C=O) groups is 1. The van der Waals surface area contributed by atoms with Crippen LogP contribution in [0.25, 0.3) is 0 Å². The van der Waals surface area contributed by atoms with Gasteiger partial charge in [0.15, 0.2) is 0 Å². The Hall–Kier alpha value is -2.05. The fourth-order valence-electron chi connectivity index (χ4n) is 3.28. The molecule has 0 bridgehead atoms. The van der Waals surface area contributed by atoms with Crippen LogP contribution >= 0.6 is 23.4 Å². The Kier molecular flexibility index (Phi) is 7.19. The quantitative estimate of drug-likeness (QED) is 0.505. The minimum atomic E-state index is -0.331. The summed E-state index contributed by atoms with van der Waals surface area (Å²) in [5.74, 6) is 2.90. The Morgan fingerprint density at radius 3 is 2.48 bits per heavy atom. The Labute approximate surface area is 181 Å². The van der Waals surface area contributed by atoms with Crippen LogP contribution in [0.3, 0.4) is 0 Å². The second-order valence-corrected chi connectivity index (χ2v) is 9.20. The first kappa shape index (κ1) is 21.7. The first-order chi connectivity index (χ1) is 13.9. The lowest BCUT2D eigenvalue weighted by Crippen LogP contribution is -2.26. The molecule has 1 aromatic heterocycles. The number of rotatable bonds is 6. The monoisotopic (exact) mass is 430 g/mol. The molecule has 3 rings (SSSR count). The number of hydrogen-bond donors (Lipinski definition) is 3. The molecule has 1 aliphatic heterocycles. The lowest BCUT2D eigenvalue weighted by Gasteiger charge is -2.24. The second kappa shape index (κ2) is 9.63. The molecule has 0 spiro atoms. The summed E-state index contributed by atoms with van der Waals surface area (Å²) in [6.45, 7) is 5.92. The molecule has 154 valence electrons. The van der Waals surface area contributed by atoms with Crippen LogP contribution < -0.4 is 10.6 Å². The highest BCUT2D eigenvalue weighted by Gasteiger charge is 2.22. The molecule has 0 aliphatic carbocycles. The van der Waals surface area contributed by atoms with E-state index in [1.54, 1.807) is 6.92 Å². The van der Waals surface area contributed by atoms with Gasteiger partial charge in [0.2, 0.25) is 0 Å². The molecule has 2 aromatic rings. The molecule has 0 radical (unpaired) electrons. The summed E-state index contributed by atoms with van der Waals surface area (Å²) >= 11 is 8.52. The summed E-state index contributed by atoms with van der Waals surface area (Å²) in [5.41, 5.74) is 2.95. The van der Waals surface area contributed by atoms with E-state index in [-0.39, 0.29) is 22.2 Å². The second-order valence-electron chi connectivity index (χ2n) is 7.60. The van der Waals surface area contributed by atoms with Gasteiger partial charge in [0, 0.05) is 23.6 Å². The van der Waals surface area contributed by atoms with Crippen molar-refractivity contribution >= 4 is 46.5 Å². The Morgan fingerprint density at radius 2 is 1.90 bits per heavy atom. The number of pyridine rings is 1. The van der Waals surface area contributed by atoms with Gasteiger partial charge in [-0.25, -0.2) is 4.98 Å². The van der Waals surface area contributed by atoms with E-state index in [1.807, 2.05) is 36.0 Å². The molecule has 0 unspecified atom stereocenters. The lowest BCUT2D eigenvalue weighted by atomic mass is 10.0. The van der Waals surface area contributed by atoms with Crippen molar-refractivity contribution in [1.82, 2.24) is 4.98 Å². The van der Waals surface area contributed by atoms with E-state index < -0.39 is 0 Å². The number of benzene rings is 1. The number of thioether (sulfide) groups is 1. The topological polar surface area (TPSA) is 77.9 Å². The normalized spacial score (nSPS) is 14.7. The van der Waals surface area contributed by atoms with Crippen LogP contribution in [0.2, 0.25) is 5.02 Å². The highest BCUT2D eigenvalue weighted by atomic mass is 35.5. The van der Waals surface area contributed by atoms with Gasteiger partial charge in [-0.1, -0.05) is 37.6 Å². The molecule has 3 N–H and O–H groups in total.